The lowest BCUT2D eigenvalue weighted by molar-refractivity contribution is 0.283. The summed E-state index contributed by atoms with van der Waals surface area (Å²) in [5.41, 5.74) is 0. The van der Waals surface area contributed by atoms with Crippen molar-refractivity contribution in [1.82, 2.24) is 10.0 Å². The second-order valence-corrected chi connectivity index (χ2v) is 7.54. The van der Waals surface area contributed by atoms with Gasteiger partial charge >= 0.3 is 0 Å². The summed E-state index contributed by atoms with van der Waals surface area (Å²) in [7, 11) is -1.17. The molecule has 0 saturated heterocycles. The van der Waals surface area contributed by atoms with Crippen molar-refractivity contribution in [2.24, 2.45) is 11.8 Å². The minimum absolute atomic E-state index is 0.261. The summed E-state index contributed by atoms with van der Waals surface area (Å²) in [6, 6.07) is 0. The van der Waals surface area contributed by atoms with Gasteiger partial charge in [-0.15, -0.1) is 0 Å². The smallest absolute Gasteiger partial charge is 0.211 e. The van der Waals surface area contributed by atoms with Crippen LogP contribution in [0.2, 0.25) is 0 Å². The van der Waals surface area contributed by atoms with E-state index in [-0.39, 0.29) is 5.75 Å². The molecule has 5 heteroatoms. The van der Waals surface area contributed by atoms with Crippen LogP contribution in [-0.4, -0.2) is 34.3 Å². The first-order valence-electron chi connectivity index (χ1n) is 7.15. The first kappa shape index (κ1) is 15.9. The predicted octanol–water partition coefficient (Wildman–Crippen LogP) is 1.73. The van der Waals surface area contributed by atoms with Crippen LogP contribution in [0.25, 0.3) is 0 Å². The Kier molecular flexibility index (Phi) is 7.19. The van der Waals surface area contributed by atoms with Crippen molar-refractivity contribution < 1.29 is 8.42 Å². The monoisotopic (exact) mass is 276 g/mol. The molecular weight excluding hydrogens is 248 g/mol. The molecule has 0 heterocycles. The Morgan fingerprint density at radius 2 is 2.00 bits per heavy atom. The molecule has 0 spiro atoms. The maximum Gasteiger partial charge on any atom is 0.211 e. The van der Waals surface area contributed by atoms with E-state index in [4.69, 9.17) is 0 Å². The molecule has 1 aliphatic carbocycles. The quantitative estimate of drug-likeness (QED) is 0.664. The zero-order valence-corrected chi connectivity index (χ0v) is 12.6. The van der Waals surface area contributed by atoms with Crippen molar-refractivity contribution in [2.75, 3.05) is 25.9 Å². The van der Waals surface area contributed by atoms with E-state index in [9.17, 15) is 8.42 Å². The Bertz CT molecular complexity index is 317. The summed E-state index contributed by atoms with van der Waals surface area (Å²) in [6.45, 7) is 3.78. The maximum absolute atomic E-state index is 11.8. The molecule has 1 rings (SSSR count). The predicted molar refractivity (Wildman–Crippen MR) is 76.1 cm³/mol. The van der Waals surface area contributed by atoms with E-state index in [2.05, 4.69) is 17.0 Å². The Hall–Kier alpha value is -0.130. The molecule has 0 aromatic carbocycles. The van der Waals surface area contributed by atoms with Gasteiger partial charge in [0.2, 0.25) is 10.0 Å². The fourth-order valence-electron chi connectivity index (χ4n) is 2.66. The molecule has 108 valence electrons. The Labute approximate surface area is 112 Å². The van der Waals surface area contributed by atoms with Crippen molar-refractivity contribution >= 4 is 10.0 Å². The molecule has 1 aliphatic rings. The number of hydrogen-bond acceptors (Lipinski definition) is 3. The largest absolute Gasteiger partial charge is 0.320 e. The van der Waals surface area contributed by atoms with Crippen LogP contribution < -0.4 is 10.0 Å². The van der Waals surface area contributed by atoms with Crippen LogP contribution in [0.3, 0.4) is 0 Å². The Morgan fingerprint density at radius 1 is 1.22 bits per heavy atom. The molecule has 18 heavy (non-hydrogen) atoms. The standard InChI is InChI=1S/C13H28N2O2S/c1-12-6-5-7-13(10-12)11-15-18(16,17)9-4-3-8-14-2/h12-15H,3-11H2,1-2H3. The average molecular weight is 276 g/mol. The molecule has 4 nitrogen and oxygen atoms in total. The zero-order valence-electron chi connectivity index (χ0n) is 11.7. The first-order chi connectivity index (χ1) is 8.53. The van der Waals surface area contributed by atoms with Crippen LogP contribution in [0, 0.1) is 11.8 Å². The molecule has 0 aromatic rings. The van der Waals surface area contributed by atoms with Gasteiger partial charge in [-0.2, -0.15) is 0 Å². The van der Waals surface area contributed by atoms with Gasteiger partial charge < -0.3 is 5.32 Å². The molecular formula is C13H28N2O2S. The summed E-state index contributed by atoms with van der Waals surface area (Å²) < 4.78 is 26.4. The second kappa shape index (κ2) is 8.12. The molecule has 0 radical (unpaired) electrons. The SMILES string of the molecule is CNCCCCS(=O)(=O)NCC1CCCC(C)C1. The average Bonchev–Trinajstić information content (AvgIpc) is 2.33. The summed E-state index contributed by atoms with van der Waals surface area (Å²) in [6.07, 6.45) is 6.53. The Morgan fingerprint density at radius 3 is 2.67 bits per heavy atom. The molecule has 0 aliphatic heterocycles. The molecule has 1 fully saturated rings. The zero-order chi connectivity index (χ0) is 13.4. The van der Waals surface area contributed by atoms with Crippen LogP contribution in [0.5, 0.6) is 0 Å². The van der Waals surface area contributed by atoms with Crippen LogP contribution in [0.15, 0.2) is 0 Å². The van der Waals surface area contributed by atoms with E-state index in [0.717, 1.165) is 25.3 Å². The highest BCUT2D eigenvalue weighted by atomic mass is 32.2. The van der Waals surface area contributed by atoms with Crippen LogP contribution in [0.4, 0.5) is 0 Å². The van der Waals surface area contributed by atoms with Crippen LogP contribution in [0.1, 0.15) is 45.4 Å². The summed E-state index contributed by atoms with van der Waals surface area (Å²) >= 11 is 0. The molecule has 0 aromatic heterocycles. The minimum Gasteiger partial charge on any atom is -0.320 e. The van der Waals surface area contributed by atoms with E-state index in [1.54, 1.807) is 0 Å². The van der Waals surface area contributed by atoms with E-state index in [1.807, 2.05) is 7.05 Å². The molecule has 1 saturated carbocycles. The van der Waals surface area contributed by atoms with Crippen molar-refractivity contribution in [3.8, 4) is 0 Å². The highest BCUT2D eigenvalue weighted by molar-refractivity contribution is 7.89. The van der Waals surface area contributed by atoms with E-state index < -0.39 is 10.0 Å². The van der Waals surface area contributed by atoms with Crippen molar-refractivity contribution in [3.63, 3.8) is 0 Å². The molecule has 2 atom stereocenters. The number of sulfonamides is 1. The second-order valence-electron chi connectivity index (χ2n) is 5.62. The van der Waals surface area contributed by atoms with E-state index in [0.29, 0.717) is 12.5 Å². The van der Waals surface area contributed by atoms with Gasteiger partial charge in [-0.1, -0.05) is 19.8 Å². The molecule has 2 unspecified atom stereocenters. The normalized spacial score (nSPS) is 25.2. The van der Waals surface area contributed by atoms with Gasteiger partial charge in [-0.25, -0.2) is 13.1 Å². The summed E-state index contributed by atoms with van der Waals surface area (Å²) in [5, 5.41) is 3.03. The van der Waals surface area contributed by atoms with Crippen LogP contribution in [-0.2, 0) is 10.0 Å². The third kappa shape index (κ3) is 6.71. The van der Waals surface area contributed by atoms with Gasteiger partial charge in [-0.3, -0.25) is 0 Å². The third-order valence-corrected chi connectivity index (χ3v) is 5.16. The lowest BCUT2D eigenvalue weighted by Gasteiger charge is -2.26. The maximum atomic E-state index is 11.8. The van der Waals surface area contributed by atoms with Gasteiger partial charge in [0.15, 0.2) is 0 Å². The lowest BCUT2D eigenvalue weighted by Crippen LogP contribution is -2.33. The number of unbranched alkanes of at least 4 members (excludes halogenated alkanes) is 1. The Balaban J connectivity index is 2.19. The van der Waals surface area contributed by atoms with Crippen molar-refractivity contribution in [3.05, 3.63) is 0 Å². The van der Waals surface area contributed by atoms with Crippen LogP contribution >= 0.6 is 0 Å². The fourth-order valence-corrected chi connectivity index (χ4v) is 3.87. The number of nitrogens with one attached hydrogen (secondary N) is 2. The summed E-state index contributed by atoms with van der Waals surface area (Å²) in [5.74, 6) is 1.56. The minimum atomic E-state index is -3.06. The molecule has 0 amide bonds. The molecule has 0 bridgehead atoms. The molecule has 2 N–H and O–H groups in total. The van der Waals surface area contributed by atoms with Gasteiger partial charge in [0.1, 0.15) is 0 Å². The first-order valence-corrected chi connectivity index (χ1v) is 8.80. The van der Waals surface area contributed by atoms with E-state index in [1.165, 1.54) is 25.7 Å². The third-order valence-electron chi connectivity index (χ3n) is 3.73. The van der Waals surface area contributed by atoms with Gasteiger partial charge in [0, 0.05) is 6.54 Å². The van der Waals surface area contributed by atoms with Gasteiger partial charge in [-0.05, 0) is 51.1 Å². The van der Waals surface area contributed by atoms with Gasteiger partial charge in [0.05, 0.1) is 5.75 Å². The van der Waals surface area contributed by atoms with E-state index >= 15 is 0 Å². The number of hydrogen-bond donors (Lipinski definition) is 2. The lowest BCUT2D eigenvalue weighted by atomic mass is 9.83. The van der Waals surface area contributed by atoms with Crippen molar-refractivity contribution in [1.29, 1.82) is 0 Å². The highest BCUT2D eigenvalue weighted by Crippen LogP contribution is 2.27. The number of rotatable bonds is 8. The summed E-state index contributed by atoms with van der Waals surface area (Å²) in [4.78, 5) is 0. The fraction of sp³-hybridized carbons (Fsp3) is 1.00. The van der Waals surface area contributed by atoms with Crippen molar-refractivity contribution in [2.45, 2.75) is 45.4 Å². The highest BCUT2D eigenvalue weighted by Gasteiger charge is 2.20. The van der Waals surface area contributed by atoms with Gasteiger partial charge in [0.25, 0.3) is 0 Å². The topological polar surface area (TPSA) is 58.2 Å².